The number of fused-ring (bicyclic) bond motifs is 1. The topological polar surface area (TPSA) is 56.6 Å². The summed E-state index contributed by atoms with van der Waals surface area (Å²) in [6.07, 6.45) is 0.961. The normalized spacial score (nSPS) is 25.4. The van der Waals surface area contributed by atoms with E-state index in [9.17, 15) is 9.18 Å². The highest BCUT2D eigenvalue weighted by Crippen LogP contribution is 2.24. The van der Waals surface area contributed by atoms with Gasteiger partial charge in [0.1, 0.15) is 11.9 Å². The number of hydrogen-bond acceptors (Lipinski definition) is 4. The number of nitrogens with zero attached hydrogens (tertiary/aromatic N) is 3. The highest BCUT2D eigenvalue weighted by molar-refractivity contribution is 5.95. The average molecular weight is 303 g/mol. The number of ether oxygens (including phenoxy) is 1. The minimum absolute atomic E-state index is 0.00980. The van der Waals surface area contributed by atoms with Crippen LogP contribution in [0.15, 0.2) is 18.2 Å². The van der Waals surface area contributed by atoms with Crippen molar-refractivity contribution in [3.63, 3.8) is 0 Å². The molecule has 2 saturated heterocycles. The Kier molecular flexibility index (Phi) is 4.10. The second kappa shape index (κ2) is 6.03. The second-order valence-corrected chi connectivity index (χ2v) is 5.83. The van der Waals surface area contributed by atoms with Crippen molar-refractivity contribution in [2.24, 2.45) is 0 Å². The largest absolute Gasteiger partial charge is 0.374 e. The molecule has 2 atom stereocenters. The number of likely N-dealkylation sites (N-methyl/N-ethyl adjacent to an activating group) is 1. The quantitative estimate of drug-likeness (QED) is 0.783. The fourth-order valence-corrected chi connectivity index (χ4v) is 3.19. The summed E-state index contributed by atoms with van der Waals surface area (Å²) < 4.78 is 19.2. The number of hydrogen-bond donors (Lipinski definition) is 0. The van der Waals surface area contributed by atoms with Gasteiger partial charge in [-0.05, 0) is 31.7 Å². The molecule has 2 heterocycles. The van der Waals surface area contributed by atoms with E-state index in [1.165, 1.54) is 18.2 Å². The molecule has 116 valence electrons. The summed E-state index contributed by atoms with van der Waals surface area (Å²) in [6.45, 7) is 2.76. The Hall–Kier alpha value is -1.97. The van der Waals surface area contributed by atoms with Crippen molar-refractivity contribution >= 4 is 5.91 Å². The molecule has 0 aromatic heterocycles. The van der Waals surface area contributed by atoms with Crippen LogP contribution in [0.5, 0.6) is 0 Å². The van der Waals surface area contributed by atoms with Crippen LogP contribution in [0.4, 0.5) is 4.39 Å². The van der Waals surface area contributed by atoms with Crippen LogP contribution in [0.25, 0.3) is 0 Å². The first-order valence-electron chi connectivity index (χ1n) is 7.41. The molecule has 22 heavy (non-hydrogen) atoms. The summed E-state index contributed by atoms with van der Waals surface area (Å²) in [5, 5.41) is 8.92. The number of piperidine rings is 1. The summed E-state index contributed by atoms with van der Waals surface area (Å²) in [6, 6.07) is 5.73. The minimum Gasteiger partial charge on any atom is -0.374 e. The van der Waals surface area contributed by atoms with Crippen molar-refractivity contribution in [1.82, 2.24) is 9.80 Å². The van der Waals surface area contributed by atoms with E-state index in [0.717, 1.165) is 19.5 Å². The van der Waals surface area contributed by atoms with Gasteiger partial charge < -0.3 is 14.5 Å². The van der Waals surface area contributed by atoms with Crippen LogP contribution in [0.3, 0.4) is 0 Å². The maximum atomic E-state index is 13.4. The van der Waals surface area contributed by atoms with E-state index in [1.54, 1.807) is 11.0 Å². The summed E-state index contributed by atoms with van der Waals surface area (Å²) in [7, 11) is 2.03. The number of benzene rings is 1. The zero-order valence-corrected chi connectivity index (χ0v) is 12.5. The molecule has 5 nitrogen and oxygen atoms in total. The average Bonchev–Trinajstić information content (AvgIpc) is 2.54. The van der Waals surface area contributed by atoms with Crippen LogP contribution in [-0.4, -0.2) is 61.1 Å². The molecule has 0 aliphatic carbocycles. The Morgan fingerprint density at radius 3 is 3.05 bits per heavy atom. The van der Waals surface area contributed by atoms with E-state index < -0.39 is 5.82 Å². The Bertz CT molecular complexity index is 628. The molecule has 0 saturated carbocycles. The third-order valence-electron chi connectivity index (χ3n) is 4.38. The lowest BCUT2D eigenvalue weighted by molar-refractivity contribution is -0.0869. The lowest BCUT2D eigenvalue weighted by Gasteiger charge is -2.46. The summed E-state index contributed by atoms with van der Waals surface area (Å²) in [5.41, 5.74) is 0.253. The molecule has 0 radical (unpaired) electrons. The van der Waals surface area contributed by atoms with Gasteiger partial charge >= 0.3 is 0 Å². The molecule has 1 aromatic rings. The van der Waals surface area contributed by atoms with Crippen molar-refractivity contribution in [3.8, 4) is 6.07 Å². The van der Waals surface area contributed by atoms with Crippen LogP contribution in [0, 0.1) is 17.1 Å². The van der Waals surface area contributed by atoms with Crippen molar-refractivity contribution < 1.29 is 13.9 Å². The molecular weight excluding hydrogens is 285 g/mol. The number of amides is 1. The number of carbonyl (C=O) groups excluding carboxylic acids is 1. The zero-order valence-electron chi connectivity index (χ0n) is 12.5. The smallest absolute Gasteiger partial charge is 0.254 e. The number of morpholine rings is 1. The molecular formula is C16H18FN3O2. The van der Waals surface area contributed by atoms with Crippen LogP contribution >= 0.6 is 0 Å². The second-order valence-electron chi connectivity index (χ2n) is 5.83. The van der Waals surface area contributed by atoms with Gasteiger partial charge in [0, 0.05) is 25.2 Å². The lowest BCUT2D eigenvalue weighted by Crippen LogP contribution is -2.60. The van der Waals surface area contributed by atoms with Gasteiger partial charge in [-0.15, -0.1) is 0 Å². The Balaban J connectivity index is 1.86. The highest BCUT2D eigenvalue weighted by Gasteiger charge is 2.38. The van der Waals surface area contributed by atoms with Crippen LogP contribution < -0.4 is 0 Å². The van der Waals surface area contributed by atoms with Gasteiger partial charge in [0.15, 0.2) is 0 Å². The van der Waals surface area contributed by atoms with E-state index in [-0.39, 0.29) is 23.6 Å². The van der Waals surface area contributed by atoms with E-state index in [1.807, 2.05) is 7.05 Å². The predicted octanol–water partition coefficient (Wildman–Crippen LogP) is 1.24. The molecule has 2 aliphatic heterocycles. The van der Waals surface area contributed by atoms with Gasteiger partial charge in [-0.25, -0.2) is 4.39 Å². The Labute approximate surface area is 128 Å². The van der Waals surface area contributed by atoms with Gasteiger partial charge in [-0.3, -0.25) is 4.79 Å². The van der Waals surface area contributed by atoms with E-state index in [4.69, 9.17) is 10.00 Å². The SMILES string of the molecule is CN1CC[C@@H]2OCCN(C(=O)c3ccc(F)c(C#N)c3)[C@@H]2C1. The van der Waals surface area contributed by atoms with Gasteiger partial charge in [-0.2, -0.15) is 5.26 Å². The van der Waals surface area contributed by atoms with Crippen molar-refractivity contribution in [2.45, 2.75) is 18.6 Å². The standard InChI is InChI=1S/C16H18FN3O2/c1-19-5-4-15-14(10-19)20(6-7-22-15)16(21)11-2-3-13(17)12(8-11)9-18/h2-3,8,14-15H,4-7,10H2,1H3/t14-,15+/m1/s1. The monoisotopic (exact) mass is 303 g/mol. The van der Waals surface area contributed by atoms with E-state index in [2.05, 4.69) is 4.90 Å². The van der Waals surface area contributed by atoms with Crippen LogP contribution in [0.2, 0.25) is 0 Å². The fourth-order valence-electron chi connectivity index (χ4n) is 3.19. The van der Waals surface area contributed by atoms with Gasteiger partial charge in [-0.1, -0.05) is 0 Å². The van der Waals surface area contributed by atoms with Gasteiger partial charge in [0.2, 0.25) is 0 Å². The van der Waals surface area contributed by atoms with Gasteiger partial charge in [0.05, 0.1) is 24.3 Å². The van der Waals surface area contributed by atoms with E-state index >= 15 is 0 Å². The minimum atomic E-state index is -0.601. The Morgan fingerprint density at radius 2 is 2.27 bits per heavy atom. The predicted molar refractivity (Wildman–Crippen MR) is 77.8 cm³/mol. The van der Waals surface area contributed by atoms with Crippen molar-refractivity contribution in [1.29, 1.82) is 5.26 Å². The number of nitriles is 1. The summed E-state index contributed by atoms with van der Waals surface area (Å²) >= 11 is 0. The molecule has 2 fully saturated rings. The maximum Gasteiger partial charge on any atom is 0.254 e. The maximum absolute atomic E-state index is 13.4. The van der Waals surface area contributed by atoms with Crippen molar-refractivity contribution in [2.75, 3.05) is 33.3 Å². The van der Waals surface area contributed by atoms with E-state index in [0.29, 0.717) is 18.7 Å². The summed E-state index contributed by atoms with van der Waals surface area (Å²) in [5.74, 6) is -0.763. The Morgan fingerprint density at radius 1 is 1.45 bits per heavy atom. The first kappa shape index (κ1) is 14.9. The molecule has 6 heteroatoms. The molecule has 1 aromatic carbocycles. The number of likely N-dealkylation sites (tertiary alicyclic amines) is 1. The molecule has 0 bridgehead atoms. The number of carbonyl (C=O) groups is 1. The van der Waals surface area contributed by atoms with Crippen LogP contribution in [-0.2, 0) is 4.74 Å². The number of halogens is 1. The first-order valence-corrected chi connectivity index (χ1v) is 7.41. The van der Waals surface area contributed by atoms with Gasteiger partial charge in [0.25, 0.3) is 5.91 Å². The summed E-state index contributed by atoms with van der Waals surface area (Å²) in [4.78, 5) is 16.7. The molecule has 0 unspecified atom stereocenters. The molecule has 2 aliphatic rings. The molecule has 0 spiro atoms. The molecule has 3 rings (SSSR count). The first-order chi connectivity index (χ1) is 10.6. The fraction of sp³-hybridized carbons (Fsp3) is 0.500. The number of rotatable bonds is 1. The zero-order chi connectivity index (χ0) is 15.7. The van der Waals surface area contributed by atoms with Crippen LogP contribution in [0.1, 0.15) is 22.3 Å². The van der Waals surface area contributed by atoms with Crippen molar-refractivity contribution in [3.05, 3.63) is 35.1 Å². The third kappa shape index (κ3) is 2.70. The molecule has 1 amide bonds. The third-order valence-corrected chi connectivity index (χ3v) is 4.38. The highest BCUT2D eigenvalue weighted by atomic mass is 19.1. The molecule has 0 N–H and O–H groups in total. The lowest BCUT2D eigenvalue weighted by atomic mass is 9.98.